The smallest absolute Gasteiger partial charge is 0.0462 e. The van der Waals surface area contributed by atoms with E-state index < -0.39 is 0 Å². The molecule has 1 rings (SSSR count). The summed E-state index contributed by atoms with van der Waals surface area (Å²) in [7, 11) is 0. The second-order valence-corrected chi connectivity index (χ2v) is 4.86. The van der Waals surface area contributed by atoms with E-state index in [-0.39, 0.29) is 0 Å². The van der Waals surface area contributed by atoms with Crippen LogP contribution in [0.4, 0.5) is 0 Å². The van der Waals surface area contributed by atoms with E-state index in [9.17, 15) is 0 Å². The van der Waals surface area contributed by atoms with Gasteiger partial charge < -0.3 is 5.32 Å². The van der Waals surface area contributed by atoms with Gasteiger partial charge in [0.05, 0.1) is 0 Å². The molecule has 0 bridgehead atoms. The lowest BCUT2D eigenvalue weighted by atomic mass is 10.2. The van der Waals surface area contributed by atoms with Gasteiger partial charge in [-0.2, -0.15) is 0 Å². The van der Waals surface area contributed by atoms with E-state index in [4.69, 9.17) is 11.6 Å². The number of nitrogens with one attached hydrogen (secondary N) is 1. The van der Waals surface area contributed by atoms with Crippen LogP contribution in [-0.4, -0.2) is 6.04 Å². The fourth-order valence-electron chi connectivity index (χ4n) is 1.28. The van der Waals surface area contributed by atoms with Gasteiger partial charge in [-0.05, 0) is 31.0 Å². The molecule has 1 aromatic carbocycles. The molecule has 0 heterocycles. The maximum Gasteiger partial charge on any atom is 0.0462 e. The minimum absolute atomic E-state index is 0.433. The molecular weight excluding hydrogens is 273 g/mol. The molecule has 0 saturated heterocycles. The van der Waals surface area contributed by atoms with Gasteiger partial charge in [0.25, 0.3) is 0 Å². The lowest BCUT2D eigenvalue weighted by Crippen LogP contribution is -2.24. The topological polar surface area (TPSA) is 12.0 Å². The number of hydrogen-bond acceptors (Lipinski definition) is 1. The summed E-state index contributed by atoms with van der Waals surface area (Å²) >= 11 is 9.48. The molecule has 0 radical (unpaired) electrons. The normalized spacial score (nSPS) is 12.5. The Balaban J connectivity index is 2.54. The first-order chi connectivity index (χ1) is 7.13. The van der Waals surface area contributed by atoms with Gasteiger partial charge in [0, 0.05) is 22.1 Å². The van der Waals surface area contributed by atoms with Gasteiger partial charge in [-0.25, -0.2) is 0 Å². The molecule has 0 amide bonds. The Labute approximate surface area is 105 Å². The highest BCUT2D eigenvalue weighted by Crippen LogP contribution is 2.21. The molecule has 0 spiro atoms. The summed E-state index contributed by atoms with van der Waals surface area (Å²) in [5.41, 5.74) is 1.12. The zero-order valence-corrected chi connectivity index (χ0v) is 11.1. The maximum atomic E-state index is 6.10. The SMILES string of the molecule is C=CCC(C)NCc1ccc(Br)cc1Cl. The zero-order valence-electron chi connectivity index (χ0n) is 8.76. The average Bonchev–Trinajstić information content (AvgIpc) is 2.17. The van der Waals surface area contributed by atoms with Crippen molar-refractivity contribution >= 4 is 27.5 Å². The Morgan fingerprint density at radius 3 is 2.93 bits per heavy atom. The van der Waals surface area contributed by atoms with Gasteiger partial charge in [-0.3, -0.25) is 0 Å². The van der Waals surface area contributed by atoms with Crippen LogP contribution < -0.4 is 5.32 Å². The number of hydrogen-bond donors (Lipinski definition) is 1. The van der Waals surface area contributed by atoms with Crippen LogP contribution in [0.2, 0.25) is 5.02 Å². The molecule has 1 nitrogen and oxygen atoms in total. The number of benzene rings is 1. The van der Waals surface area contributed by atoms with Gasteiger partial charge in [0.2, 0.25) is 0 Å². The molecule has 0 aliphatic heterocycles. The molecule has 0 aliphatic rings. The van der Waals surface area contributed by atoms with Crippen molar-refractivity contribution in [2.24, 2.45) is 0 Å². The van der Waals surface area contributed by atoms with Crippen molar-refractivity contribution in [2.75, 3.05) is 0 Å². The van der Waals surface area contributed by atoms with Crippen molar-refractivity contribution in [3.05, 3.63) is 45.9 Å². The Morgan fingerprint density at radius 2 is 2.33 bits per heavy atom. The molecular formula is C12H15BrClN. The molecule has 0 fully saturated rings. The summed E-state index contributed by atoms with van der Waals surface area (Å²) in [6.07, 6.45) is 2.88. The van der Waals surface area contributed by atoms with Crippen LogP contribution >= 0.6 is 27.5 Å². The molecule has 1 aromatic rings. The van der Waals surface area contributed by atoms with Crippen LogP contribution in [-0.2, 0) is 6.54 Å². The van der Waals surface area contributed by atoms with E-state index in [0.717, 1.165) is 28.0 Å². The molecule has 1 atom stereocenters. The molecule has 82 valence electrons. The summed E-state index contributed by atoms with van der Waals surface area (Å²) in [4.78, 5) is 0. The average molecular weight is 289 g/mol. The van der Waals surface area contributed by atoms with E-state index in [1.807, 2.05) is 24.3 Å². The lowest BCUT2D eigenvalue weighted by molar-refractivity contribution is 0.554. The second-order valence-electron chi connectivity index (χ2n) is 3.54. The van der Waals surface area contributed by atoms with Gasteiger partial charge >= 0.3 is 0 Å². The van der Waals surface area contributed by atoms with Crippen LogP contribution in [0, 0.1) is 0 Å². The monoisotopic (exact) mass is 287 g/mol. The first-order valence-electron chi connectivity index (χ1n) is 4.91. The van der Waals surface area contributed by atoms with Crippen LogP contribution in [0.5, 0.6) is 0 Å². The molecule has 15 heavy (non-hydrogen) atoms. The van der Waals surface area contributed by atoms with E-state index in [1.54, 1.807) is 0 Å². The molecule has 1 unspecified atom stereocenters. The van der Waals surface area contributed by atoms with Crippen LogP contribution in [0.1, 0.15) is 18.9 Å². The Kier molecular flexibility index (Phi) is 5.37. The highest BCUT2D eigenvalue weighted by molar-refractivity contribution is 9.10. The van der Waals surface area contributed by atoms with Crippen LogP contribution in [0.15, 0.2) is 35.3 Å². The minimum atomic E-state index is 0.433. The lowest BCUT2D eigenvalue weighted by Gasteiger charge is -2.12. The summed E-state index contributed by atoms with van der Waals surface area (Å²) in [6.45, 7) is 6.64. The largest absolute Gasteiger partial charge is 0.310 e. The Bertz CT molecular complexity index is 338. The van der Waals surface area contributed by atoms with Crippen LogP contribution in [0.3, 0.4) is 0 Å². The van der Waals surface area contributed by atoms with Crippen molar-refractivity contribution in [3.63, 3.8) is 0 Å². The van der Waals surface area contributed by atoms with E-state index in [0.29, 0.717) is 6.04 Å². The van der Waals surface area contributed by atoms with E-state index in [2.05, 4.69) is 34.7 Å². The van der Waals surface area contributed by atoms with Gasteiger partial charge in [-0.1, -0.05) is 39.7 Å². The minimum Gasteiger partial charge on any atom is -0.310 e. The molecule has 0 saturated carbocycles. The predicted molar refractivity (Wildman–Crippen MR) is 70.3 cm³/mol. The molecule has 3 heteroatoms. The van der Waals surface area contributed by atoms with Crippen molar-refractivity contribution in [3.8, 4) is 0 Å². The maximum absolute atomic E-state index is 6.10. The Morgan fingerprint density at radius 1 is 1.60 bits per heavy atom. The van der Waals surface area contributed by atoms with Crippen molar-refractivity contribution in [1.29, 1.82) is 0 Å². The highest BCUT2D eigenvalue weighted by atomic mass is 79.9. The zero-order chi connectivity index (χ0) is 11.3. The van der Waals surface area contributed by atoms with Crippen molar-refractivity contribution in [1.82, 2.24) is 5.32 Å². The predicted octanol–water partition coefficient (Wildman–Crippen LogP) is 4.16. The Hall–Kier alpha value is -0.310. The first-order valence-corrected chi connectivity index (χ1v) is 6.08. The third-order valence-corrected chi connectivity index (χ3v) is 3.02. The quantitative estimate of drug-likeness (QED) is 0.802. The second kappa shape index (κ2) is 6.31. The van der Waals surface area contributed by atoms with E-state index >= 15 is 0 Å². The fraction of sp³-hybridized carbons (Fsp3) is 0.333. The van der Waals surface area contributed by atoms with E-state index in [1.165, 1.54) is 0 Å². The number of halogens is 2. The van der Waals surface area contributed by atoms with Crippen LogP contribution in [0.25, 0.3) is 0 Å². The standard InChI is InChI=1S/C12H15BrClN/c1-3-4-9(2)15-8-10-5-6-11(13)7-12(10)14/h3,5-7,9,15H,1,4,8H2,2H3. The summed E-state index contributed by atoms with van der Waals surface area (Å²) < 4.78 is 1.01. The molecule has 0 aromatic heterocycles. The summed E-state index contributed by atoms with van der Waals surface area (Å²) in [5.74, 6) is 0. The molecule has 0 aliphatic carbocycles. The van der Waals surface area contributed by atoms with Gasteiger partial charge in [0.1, 0.15) is 0 Å². The first kappa shape index (κ1) is 12.8. The number of rotatable bonds is 5. The third-order valence-electron chi connectivity index (χ3n) is 2.18. The van der Waals surface area contributed by atoms with Gasteiger partial charge in [0.15, 0.2) is 0 Å². The third kappa shape index (κ3) is 4.37. The molecule has 1 N–H and O–H groups in total. The van der Waals surface area contributed by atoms with Crippen molar-refractivity contribution in [2.45, 2.75) is 25.9 Å². The highest BCUT2D eigenvalue weighted by Gasteiger charge is 2.03. The van der Waals surface area contributed by atoms with Gasteiger partial charge in [-0.15, -0.1) is 6.58 Å². The summed E-state index contributed by atoms with van der Waals surface area (Å²) in [5, 5.41) is 4.18. The van der Waals surface area contributed by atoms with Crippen molar-refractivity contribution < 1.29 is 0 Å². The fourth-order valence-corrected chi connectivity index (χ4v) is 2.02. The summed E-state index contributed by atoms with van der Waals surface area (Å²) in [6, 6.07) is 6.37.